The molecule has 0 saturated carbocycles. The van der Waals surface area contributed by atoms with Gasteiger partial charge in [-0.15, -0.1) is 0 Å². The molecule has 0 aromatic heterocycles. The molecule has 5 nitrogen and oxygen atoms in total. The molecule has 2 atom stereocenters. The minimum absolute atomic E-state index is 0.0324. The maximum Gasteiger partial charge on any atom is 0.310 e. The van der Waals surface area contributed by atoms with Gasteiger partial charge in [0.2, 0.25) is 6.79 Å². The summed E-state index contributed by atoms with van der Waals surface area (Å²) in [5, 5.41) is 3.32. The fraction of sp³-hybridized carbons (Fsp3) is 0.632. The number of benzene rings is 1. The average molecular weight is 333 g/mol. The van der Waals surface area contributed by atoms with Crippen LogP contribution in [-0.4, -0.2) is 32.5 Å². The molecule has 1 fully saturated rings. The van der Waals surface area contributed by atoms with Gasteiger partial charge in [-0.1, -0.05) is 33.3 Å². The molecule has 5 heteroatoms. The predicted octanol–water partition coefficient (Wildman–Crippen LogP) is 3.09. The highest BCUT2D eigenvalue weighted by atomic mass is 16.7. The molecule has 24 heavy (non-hydrogen) atoms. The fourth-order valence-electron chi connectivity index (χ4n) is 3.54. The molecule has 2 heterocycles. The number of nitrogens with one attached hydrogen (secondary N) is 1. The number of rotatable bonds is 6. The molecule has 0 unspecified atom stereocenters. The molecule has 3 rings (SSSR count). The molecule has 0 amide bonds. The number of carbonyl (C=O) groups is 1. The van der Waals surface area contributed by atoms with E-state index in [0.29, 0.717) is 13.2 Å². The number of carbonyl (C=O) groups excluding carboxylic acids is 1. The van der Waals surface area contributed by atoms with E-state index in [1.165, 1.54) is 0 Å². The zero-order valence-corrected chi connectivity index (χ0v) is 14.8. The van der Waals surface area contributed by atoms with Crippen molar-refractivity contribution in [3.05, 3.63) is 23.8 Å². The second-order valence-electron chi connectivity index (χ2n) is 7.51. The Balaban J connectivity index is 1.66. The van der Waals surface area contributed by atoms with Gasteiger partial charge >= 0.3 is 5.97 Å². The summed E-state index contributed by atoms with van der Waals surface area (Å²) >= 11 is 0. The molecule has 132 valence electrons. The van der Waals surface area contributed by atoms with Gasteiger partial charge in [0.25, 0.3) is 0 Å². The smallest absolute Gasteiger partial charge is 0.310 e. The predicted molar refractivity (Wildman–Crippen MR) is 91.3 cm³/mol. The zero-order valence-electron chi connectivity index (χ0n) is 14.8. The monoisotopic (exact) mass is 333 g/mol. The van der Waals surface area contributed by atoms with Gasteiger partial charge in [0.1, 0.15) is 0 Å². The van der Waals surface area contributed by atoms with Gasteiger partial charge in [-0.3, -0.25) is 4.79 Å². The van der Waals surface area contributed by atoms with Crippen LogP contribution in [-0.2, 0) is 9.53 Å². The molecule has 0 spiro atoms. The van der Waals surface area contributed by atoms with Crippen LogP contribution in [0.5, 0.6) is 11.5 Å². The number of fused-ring (bicyclic) bond motifs is 1. The van der Waals surface area contributed by atoms with Crippen LogP contribution in [0.25, 0.3) is 0 Å². The van der Waals surface area contributed by atoms with Crippen LogP contribution in [0.4, 0.5) is 0 Å². The Morgan fingerprint density at radius 3 is 2.88 bits per heavy atom. The molecule has 2 aliphatic heterocycles. The molecule has 0 bridgehead atoms. The van der Waals surface area contributed by atoms with Crippen molar-refractivity contribution in [1.82, 2.24) is 5.32 Å². The van der Waals surface area contributed by atoms with Gasteiger partial charge in [0, 0.05) is 19.0 Å². The SMILES string of the molecule is CCCC(C)(C)COC(=O)[C@@H]1CNC[C@H]1c1ccc2c(c1)OCO2. The van der Waals surface area contributed by atoms with Gasteiger partial charge in [-0.2, -0.15) is 0 Å². The van der Waals surface area contributed by atoms with Crippen LogP contribution in [0, 0.1) is 11.3 Å². The number of hydrogen-bond acceptors (Lipinski definition) is 5. The topological polar surface area (TPSA) is 56.8 Å². The molecule has 1 aromatic carbocycles. The standard InChI is InChI=1S/C19H27NO4/c1-4-7-19(2,3)11-22-18(21)15-10-20-9-14(15)13-5-6-16-17(8-13)24-12-23-16/h5-6,8,14-15,20H,4,7,9-12H2,1-3H3/t14-,15+/m0/s1. The Kier molecular flexibility index (Phi) is 4.99. The van der Waals surface area contributed by atoms with Crippen molar-refractivity contribution in [3.8, 4) is 11.5 Å². The molecular weight excluding hydrogens is 306 g/mol. The van der Waals surface area contributed by atoms with Crippen molar-refractivity contribution in [2.24, 2.45) is 11.3 Å². The van der Waals surface area contributed by atoms with Crippen molar-refractivity contribution < 1.29 is 19.0 Å². The Morgan fingerprint density at radius 1 is 1.29 bits per heavy atom. The lowest BCUT2D eigenvalue weighted by Crippen LogP contribution is -2.28. The maximum absolute atomic E-state index is 12.6. The van der Waals surface area contributed by atoms with Crippen molar-refractivity contribution in [2.75, 3.05) is 26.5 Å². The fourth-order valence-corrected chi connectivity index (χ4v) is 3.54. The molecule has 2 aliphatic rings. The summed E-state index contributed by atoms with van der Waals surface area (Å²) in [6, 6.07) is 5.93. The van der Waals surface area contributed by atoms with Gasteiger partial charge in [0.15, 0.2) is 11.5 Å². The molecule has 0 radical (unpaired) electrons. The Hall–Kier alpha value is -1.75. The summed E-state index contributed by atoms with van der Waals surface area (Å²) in [5.74, 6) is 1.39. The summed E-state index contributed by atoms with van der Waals surface area (Å²) < 4.78 is 16.5. The summed E-state index contributed by atoms with van der Waals surface area (Å²) in [5.41, 5.74) is 1.13. The third-order valence-corrected chi connectivity index (χ3v) is 4.87. The van der Waals surface area contributed by atoms with E-state index in [1.807, 2.05) is 18.2 Å². The van der Waals surface area contributed by atoms with Crippen LogP contribution >= 0.6 is 0 Å². The van der Waals surface area contributed by atoms with E-state index < -0.39 is 0 Å². The van der Waals surface area contributed by atoms with Crippen LogP contribution in [0.2, 0.25) is 0 Å². The van der Waals surface area contributed by atoms with E-state index in [9.17, 15) is 4.79 Å². The summed E-state index contributed by atoms with van der Waals surface area (Å²) in [7, 11) is 0. The summed E-state index contributed by atoms with van der Waals surface area (Å²) in [6.07, 6.45) is 2.14. The lowest BCUT2D eigenvalue weighted by molar-refractivity contribution is -0.151. The van der Waals surface area contributed by atoms with E-state index in [-0.39, 0.29) is 30.0 Å². The number of hydrogen-bond donors (Lipinski definition) is 1. The first-order valence-electron chi connectivity index (χ1n) is 8.77. The van der Waals surface area contributed by atoms with Crippen molar-refractivity contribution in [2.45, 2.75) is 39.5 Å². The van der Waals surface area contributed by atoms with Crippen LogP contribution < -0.4 is 14.8 Å². The third kappa shape index (κ3) is 3.66. The number of esters is 1. The highest BCUT2D eigenvalue weighted by molar-refractivity contribution is 5.74. The molecule has 1 aromatic rings. The van der Waals surface area contributed by atoms with E-state index in [2.05, 4.69) is 26.1 Å². The van der Waals surface area contributed by atoms with Gasteiger partial charge in [-0.05, 0) is 29.5 Å². The summed E-state index contributed by atoms with van der Waals surface area (Å²) in [6.45, 7) is 8.62. The minimum Gasteiger partial charge on any atom is -0.465 e. The van der Waals surface area contributed by atoms with Crippen molar-refractivity contribution in [3.63, 3.8) is 0 Å². The van der Waals surface area contributed by atoms with Crippen LogP contribution in [0.15, 0.2) is 18.2 Å². The average Bonchev–Trinajstić information content (AvgIpc) is 3.20. The lowest BCUT2D eigenvalue weighted by Gasteiger charge is -2.25. The first-order valence-corrected chi connectivity index (χ1v) is 8.77. The quantitative estimate of drug-likeness (QED) is 0.811. The second-order valence-corrected chi connectivity index (χ2v) is 7.51. The summed E-state index contributed by atoms with van der Waals surface area (Å²) in [4.78, 5) is 12.6. The van der Waals surface area contributed by atoms with E-state index >= 15 is 0 Å². The molecule has 0 aliphatic carbocycles. The van der Waals surface area contributed by atoms with E-state index in [4.69, 9.17) is 14.2 Å². The Labute approximate surface area is 143 Å². The minimum atomic E-state index is -0.150. The first-order chi connectivity index (χ1) is 11.5. The zero-order chi connectivity index (χ0) is 17.2. The lowest BCUT2D eigenvalue weighted by atomic mass is 9.88. The third-order valence-electron chi connectivity index (χ3n) is 4.87. The molecular formula is C19H27NO4. The van der Waals surface area contributed by atoms with Crippen LogP contribution in [0.3, 0.4) is 0 Å². The molecule has 1 saturated heterocycles. The molecule has 1 N–H and O–H groups in total. The Bertz CT molecular complexity index is 599. The Morgan fingerprint density at radius 2 is 2.08 bits per heavy atom. The van der Waals surface area contributed by atoms with Gasteiger partial charge in [-0.25, -0.2) is 0 Å². The van der Waals surface area contributed by atoms with E-state index in [0.717, 1.165) is 36.4 Å². The highest BCUT2D eigenvalue weighted by Crippen LogP contribution is 2.38. The number of ether oxygens (including phenoxy) is 3. The van der Waals surface area contributed by atoms with Crippen molar-refractivity contribution in [1.29, 1.82) is 0 Å². The van der Waals surface area contributed by atoms with Crippen LogP contribution in [0.1, 0.15) is 45.1 Å². The maximum atomic E-state index is 12.6. The largest absolute Gasteiger partial charge is 0.465 e. The normalized spacial score (nSPS) is 22.6. The second kappa shape index (κ2) is 7.01. The first kappa shape index (κ1) is 17.1. The van der Waals surface area contributed by atoms with Gasteiger partial charge < -0.3 is 19.5 Å². The van der Waals surface area contributed by atoms with Crippen molar-refractivity contribution >= 4 is 5.97 Å². The van der Waals surface area contributed by atoms with Gasteiger partial charge in [0.05, 0.1) is 12.5 Å². The highest BCUT2D eigenvalue weighted by Gasteiger charge is 2.36. The van der Waals surface area contributed by atoms with E-state index in [1.54, 1.807) is 0 Å².